The topological polar surface area (TPSA) is 57.4 Å². The van der Waals surface area contributed by atoms with E-state index in [1.165, 1.54) is 0 Å². The molecule has 28 heavy (non-hydrogen) atoms. The number of aromatic amines is 2. The number of rotatable bonds is 0. The average Bonchev–Trinajstić information content (AvgIpc) is 3.42. The van der Waals surface area contributed by atoms with E-state index in [2.05, 4.69) is 111 Å². The minimum atomic E-state index is 0.898. The smallest absolute Gasteiger partial charge is 0.0945 e. The monoisotopic (exact) mass is 718 g/mol. The van der Waals surface area contributed by atoms with Gasteiger partial charge < -0.3 is 9.97 Å². The van der Waals surface area contributed by atoms with Crippen molar-refractivity contribution in [3.63, 3.8) is 0 Å². The average molecular weight is 720 g/mol. The number of hydrogen-bond acceptors (Lipinski definition) is 2. The maximum Gasteiger partial charge on any atom is 0.0945 e. The zero-order valence-electron chi connectivity index (χ0n) is 14.0. The summed E-state index contributed by atoms with van der Waals surface area (Å²) in [5.74, 6) is 0. The van der Waals surface area contributed by atoms with Gasteiger partial charge in [0.15, 0.2) is 0 Å². The van der Waals surface area contributed by atoms with Gasteiger partial charge in [-0.15, -0.1) is 0 Å². The van der Waals surface area contributed by atoms with Crippen LogP contribution in [0.3, 0.4) is 0 Å². The summed E-state index contributed by atoms with van der Waals surface area (Å²) in [4.78, 5) is 16.5. The molecule has 2 aliphatic heterocycles. The Morgan fingerprint density at radius 3 is 2.25 bits per heavy atom. The van der Waals surface area contributed by atoms with Crippen molar-refractivity contribution in [2.24, 2.45) is 0 Å². The van der Waals surface area contributed by atoms with E-state index in [0.29, 0.717) is 0 Å². The highest BCUT2D eigenvalue weighted by Crippen LogP contribution is 2.43. The molecule has 5 heterocycles. The second kappa shape index (κ2) is 7.37. The maximum atomic E-state index is 4.88. The minimum absolute atomic E-state index is 0.898. The Hall–Kier alpha value is -0.980. The van der Waals surface area contributed by atoms with Gasteiger partial charge in [0, 0.05) is 21.0 Å². The number of halogens is 4. The van der Waals surface area contributed by atoms with Crippen LogP contribution in [0.5, 0.6) is 0 Å². The fraction of sp³-hybridized carbons (Fsp3) is 0. The van der Waals surface area contributed by atoms with Gasteiger partial charge in [0.2, 0.25) is 0 Å². The van der Waals surface area contributed by atoms with Crippen LogP contribution >= 0.6 is 77.0 Å². The van der Waals surface area contributed by atoms with Gasteiger partial charge in [-0.1, -0.05) is 0 Å². The van der Waals surface area contributed by atoms with Gasteiger partial charge in [0.1, 0.15) is 0 Å². The van der Waals surface area contributed by atoms with Crippen LogP contribution in [0, 0.1) is 0 Å². The molecular weight excluding hydrogens is 710 g/mol. The van der Waals surface area contributed by atoms with Gasteiger partial charge >= 0.3 is 0 Å². The lowest BCUT2D eigenvalue weighted by Gasteiger charge is -1.96. The Bertz CT molecular complexity index is 1370. The van der Waals surface area contributed by atoms with Crippen molar-refractivity contribution >= 4 is 118 Å². The highest BCUT2D eigenvalue weighted by Gasteiger charge is 2.20. The van der Waals surface area contributed by atoms with Crippen LogP contribution in [0.4, 0.5) is 0 Å². The van der Waals surface area contributed by atoms with Crippen molar-refractivity contribution in [1.29, 1.82) is 0 Å². The quantitative estimate of drug-likeness (QED) is 0.183. The second-order valence-electron chi connectivity index (χ2n) is 6.33. The molecule has 3 aromatic heterocycles. The number of nitrogens with zero attached hydrogens (tertiary/aromatic N) is 2. The second-order valence-corrected chi connectivity index (χ2v) is 10.1. The van der Waals surface area contributed by atoms with Crippen LogP contribution in [-0.4, -0.2) is 19.9 Å². The third-order valence-corrected chi connectivity index (χ3v) is 8.96. The van der Waals surface area contributed by atoms with Gasteiger partial charge in [0.25, 0.3) is 0 Å². The highest BCUT2D eigenvalue weighted by atomic mass is 127. The number of aromatic nitrogens is 4. The van der Waals surface area contributed by atoms with E-state index >= 15 is 0 Å². The molecule has 0 spiro atoms. The summed E-state index contributed by atoms with van der Waals surface area (Å²) >= 11 is 12.1. The first kappa shape index (κ1) is 19.0. The van der Waals surface area contributed by atoms with Crippen LogP contribution < -0.4 is 0 Å². The van der Waals surface area contributed by atoms with Gasteiger partial charge in [-0.2, -0.15) is 0 Å². The lowest BCUT2D eigenvalue weighted by Crippen LogP contribution is -1.81. The fourth-order valence-electron chi connectivity index (χ4n) is 3.10. The molecule has 0 radical (unpaired) electrons. The van der Waals surface area contributed by atoms with Crippen molar-refractivity contribution in [3.05, 3.63) is 68.1 Å². The van der Waals surface area contributed by atoms with Gasteiger partial charge in [0.05, 0.1) is 39.9 Å². The normalized spacial score (nSPS) is 13.4. The highest BCUT2D eigenvalue weighted by molar-refractivity contribution is 14.1. The van der Waals surface area contributed by atoms with Crippen molar-refractivity contribution < 1.29 is 0 Å². The Morgan fingerprint density at radius 2 is 1.46 bits per heavy atom. The Morgan fingerprint density at radius 1 is 0.750 bits per heavy atom. The molecule has 0 fully saturated rings. The minimum Gasteiger partial charge on any atom is -0.355 e. The predicted octanol–water partition coefficient (Wildman–Crippen LogP) is 7.71. The molecular formula is C20H10Br2I2N4. The number of hydrogen-bond donors (Lipinski definition) is 2. The molecule has 4 nitrogen and oxygen atoms in total. The standard InChI is InChI=1S/C20H10Br2I2N4/c21-14-7-13-6-11-2-1-9(25-11)5-10-3-4-12(26-10)8-15-17(23)18(24)20(28-15)16(22)19(14)27-13/h1-8,25,27H. The maximum absolute atomic E-state index is 4.88. The SMILES string of the molecule is Brc1cc2cc3ccc(cc4nc(cc5nc(c(Br)c1[nH]2)C(I)=C5I)C=C4)[nH]3. The Balaban J connectivity index is 1.94. The molecule has 2 N–H and O–H groups in total. The molecule has 0 aliphatic carbocycles. The first-order chi connectivity index (χ1) is 13.5. The summed E-state index contributed by atoms with van der Waals surface area (Å²) in [5.41, 5.74) is 7.64. The first-order valence-corrected chi connectivity index (χ1v) is 12.0. The molecule has 3 aromatic rings. The van der Waals surface area contributed by atoms with Gasteiger partial charge in [-0.05, 0) is 126 Å². The number of nitrogens with one attached hydrogen (secondary N) is 2. The molecule has 0 atom stereocenters. The molecule has 0 amide bonds. The molecule has 0 saturated carbocycles. The molecule has 2 aliphatic rings. The van der Waals surface area contributed by atoms with Crippen molar-refractivity contribution in [2.75, 3.05) is 0 Å². The lowest BCUT2D eigenvalue weighted by molar-refractivity contribution is 1.27. The van der Waals surface area contributed by atoms with Gasteiger partial charge in [-0.25, -0.2) is 9.97 Å². The van der Waals surface area contributed by atoms with Crippen LogP contribution in [-0.2, 0) is 0 Å². The summed E-state index contributed by atoms with van der Waals surface area (Å²) in [6, 6.07) is 12.3. The van der Waals surface area contributed by atoms with Crippen molar-refractivity contribution in [3.8, 4) is 0 Å². The number of fused-ring (bicyclic) bond motifs is 8. The molecule has 138 valence electrons. The molecule has 8 bridgehead atoms. The first-order valence-electron chi connectivity index (χ1n) is 8.28. The van der Waals surface area contributed by atoms with Crippen LogP contribution in [0.1, 0.15) is 22.8 Å². The number of H-pyrrole nitrogens is 2. The summed E-state index contributed by atoms with van der Waals surface area (Å²) < 4.78 is 4.13. The zero-order valence-corrected chi connectivity index (χ0v) is 21.5. The van der Waals surface area contributed by atoms with E-state index in [-0.39, 0.29) is 0 Å². The van der Waals surface area contributed by atoms with E-state index in [1.807, 2.05) is 24.3 Å². The van der Waals surface area contributed by atoms with Crippen molar-refractivity contribution in [1.82, 2.24) is 19.9 Å². The van der Waals surface area contributed by atoms with Crippen molar-refractivity contribution in [2.45, 2.75) is 0 Å². The summed E-state index contributed by atoms with van der Waals surface area (Å²) in [7, 11) is 0. The Labute approximate surface area is 204 Å². The molecule has 0 aromatic carbocycles. The zero-order chi connectivity index (χ0) is 19.4. The predicted molar refractivity (Wildman–Crippen MR) is 140 cm³/mol. The summed E-state index contributed by atoms with van der Waals surface area (Å²) in [5, 5.41) is 0. The van der Waals surface area contributed by atoms with E-state index in [4.69, 9.17) is 9.97 Å². The molecule has 8 heteroatoms. The van der Waals surface area contributed by atoms with E-state index in [1.54, 1.807) is 0 Å². The lowest BCUT2D eigenvalue weighted by atomic mass is 10.3. The van der Waals surface area contributed by atoms with Crippen LogP contribution in [0.25, 0.3) is 41.4 Å². The van der Waals surface area contributed by atoms with Gasteiger partial charge in [-0.3, -0.25) is 0 Å². The van der Waals surface area contributed by atoms with Crippen LogP contribution in [0.2, 0.25) is 0 Å². The molecule has 5 rings (SSSR count). The molecule has 0 saturated heterocycles. The Kier molecular flexibility index (Phi) is 5.00. The summed E-state index contributed by atoms with van der Waals surface area (Å²) in [6.07, 6.45) is 4.04. The van der Waals surface area contributed by atoms with E-state index < -0.39 is 0 Å². The molecule has 0 unspecified atom stereocenters. The van der Waals surface area contributed by atoms with E-state index in [9.17, 15) is 0 Å². The van der Waals surface area contributed by atoms with Crippen LogP contribution in [0.15, 0.2) is 45.3 Å². The van der Waals surface area contributed by atoms with E-state index in [0.717, 1.165) is 60.9 Å². The fourth-order valence-corrected chi connectivity index (χ4v) is 6.08. The largest absolute Gasteiger partial charge is 0.355 e. The summed E-state index contributed by atoms with van der Waals surface area (Å²) in [6.45, 7) is 0. The third-order valence-electron chi connectivity index (χ3n) is 4.39. The third kappa shape index (κ3) is 3.41.